The minimum absolute atomic E-state index is 0.00348. The molecule has 3 heterocycles. The second-order valence-corrected chi connectivity index (χ2v) is 8.00. The van der Waals surface area contributed by atoms with E-state index in [1.165, 1.54) is 6.07 Å². The zero-order valence-corrected chi connectivity index (χ0v) is 18.5. The number of aliphatic hydroxyl groups excluding tert-OH is 3. The van der Waals surface area contributed by atoms with E-state index in [2.05, 4.69) is 16.8 Å². The van der Waals surface area contributed by atoms with E-state index in [-0.39, 0.29) is 5.56 Å². The number of aromatic amines is 1. The molecule has 0 aliphatic carbocycles. The van der Waals surface area contributed by atoms with Gasteiger partial charge in [-0.2, -0.15) is 0 Å². The summed E-state index contributed by atoms with van der Waals surface area (Å²) in [5.41, 5.74) is -1.50. The molecule has 0 radical (unpaired) electrons. The second-order valence-electron chi connectivity index (χ2n) is 8.00. The number of unbranched alkanes of at least 4 members (excludes halogenated alkanes) is 2. The quantitative estimate of drug-likeness (QED) is 0.203. The van der Waals surface area contributed by atoms with Crippen LogP contribution in [0.4, 0.5) is 0 Å². The Labute approximate surface area is 198 Å². The van der Waals surface area contributed by atoms with Crippen molar-refractivity contribution < 1.29 is 29.2 Å². The molecule has 1 aliphatic heterocycles. The fourth-order valence-corrected chi connectivity index (χ4v) is 3.67. The molecule has 3 aromatic rings. The van der Waals surface area contributed by atoms with E-state index < -0.39 is 48.0 Å². The van der Waals surface area contributed by atoms with Gasteiger partial charge in [-0.25, -0.2) is 9.59 Å². The fraction of sp³-hybridized carbons (Fsp3) is 0.375. The Hall–Kier alpha value is -3.69. The van der Waals surface area contributed by atoms with Gasteiger partial charge in [0.1, 0.15) is 35.2 Å². The maximum absolute atomic E-state index is 12.2. The molecule has 4 atom stereocenters. The number of H-pyrrole nitrogens is 1. The summed E-state index contributed by atoms with van der Waals surface area (Å²) in [7, 11) is 0. The number of hydrogen-bond donors (Lipinski definition) is 4. The van der Waals surface area contributed by atoms with E-state index in [0.717, 1.165) is 16.2 Å². The van der Waals surface area contributed by atoms with E-state index >= 15 is 0 Å². The number of fused-ring (bicyclic) bond motifs is 1. The SMILES string of the molecule is O=c1ccc2ccc(OCCCCC#Cc3cn([C@@H]4O[C@H](CO)[C@@H](O)[C@H]4O)c(=O)[nH]c3=O)cc2o1. The number of aliphatic hydroxyl groups is 3. The van der Waals surface area contributed by atoms with Gasteiger partial charge in [0.2, 0.25) is 0 Å². The van der Waals surface area contributed by atoms with Gasteiger partial charge in [0, 0.05) is 30.1 Å². The first-order valence-corrected chi connectivity index (χ1v) is 11.0. The van der Waals surface area contributed by atoms with E-state index in [4.69, 9.17) is 13.9 Å². The van der Waals surface area contributed by atoms with Gasteiger partial charge in [0.25, 0.3) is 5.56 Å². The molecular formula is C24H24N2O9. The monoisotopic (exact) mass is 484 g/mol. The summed E-state index contributed by atoms with van der Waals surface area (Å²) in [4.78, 5) is 37.7. The number of ether oxygens (including phenoxy) is 2. The van der Waals surface area contributed by atoms with Crippen LogP contribution in [0.2, 0.25) is 0 Å². The summed E-state index contributed by atoms with van der Waals surface area (Å²) in [6.07, 6.45) is -2.18. The highest BCUT2D eigenvalue weighted by molar-refractivity contribution is 5.77. The van der Waals surface area contributed by atoms with E-state index in [0.29, 0.717) is 37.2 Å². The Kier molecular flexibility index (Phi) is 7.48. The largest absolute Gasteiger partial charge is 0.493 e. The van der Waals surface area contributed by atoms with Crippen molar-refractivity contribution in [3.8, 4) is 17.6 Å². The smallest absolute Gasteiger partial charge is 0.336 e. The maximum Gasteiger partial charge on any atom is 0.336 e. The number of aromatic nitrogens is 2. The number of rotatable bonds is 7. The van der Waals surface area contributed by atoms with Gasteiger partial charge in [-0.15, -0.1) is 0 Å². The summed E-state index contributed by atoms with van der Waals surface area (Å²) in [6.45, 7) is -0.124. The lowest BCUT2D eigenvalue weighted by Gasteiger charge is -2.17. The minimum atomic E-state index is -1.46. The molecule has 35 heavy (non-hydrogen) atoms. The molecule has 4 rings (SSSR count). The summed E-state index contributed by atoms with van der Waals surface area (Å²) in [5.74, 6) is 6.15. The van der Waals surface area contributed by atoms with Crippen molar-refractivity contribution >= 4 is 11.0 Å². The van der Waals surface area contributed by atoms with E-state index in [1.807, 2.05) is 0 Å². The third-order valence-electron chi connectivity index (χ3n) is 5.54. The summed E-state index contributed by atoms with van der Waals surface area (Å²) in [5, 5.41) is 30.1. The predicted octanol–water partition coefficient (Wildman–Crippen LogP) is -0.145. The minimum Gasteiger partial charge on any atom is -0.493 e. The van der Waals surface area contributed by atoms with E-state index in [1.54, 1.807) is 24.3 Å². The molecule has 11 heteroatoms. The summed E-state index contributed by atoms with van der Waals surface area (Å²) < 4.78 is 17.1. The third-order valence-corrected chi connectivity index (χ3v) is 5.54. The maximum atomic E-state index is 12.2. The Balaban J connectivity index is 1.32. The van der Waals surface area contributed by atoms with Crippen molar-refractivity contribution in [2.45, 2.75) is 43.8 Å². The van der Waals surface area contributed by atoms with Crippen LogP contribution in [0.15, 0.2) is 55.3 Å². The Morgan fingerprint density at radius 1 is 1.09 bits per heavy atom. The first-order chi connectivity index (χ1) is 16.9. The number of nitrogens with zero attached hydrogens (tertiary/aromatic N) is 1. The first-order valence-electron chi connectivity index (χ1n) is 11.0. The molecule has 2 aromatic heterocycles. The topological polar surface area (TPSA) is 164 Å². The molecule has 1 aliphatic rings. The van der Waals surface area contributed by atoms with E-state index in [9.17, 15) is 29.7 Å². The third kappa shape index (κ3) is 5.52. The Morgan fingerprint density at radius 3 is 2.66 bits per heavy atom. The van der Waals surface area contributed by atoms with Crippen LogP contribution in [0.25, 0.3) is 11.0 Å². The van der Waals surface area contributed by atoms with Crippen molar-refractivity contribution in [2.24, 2.45) is 0 Å². The highest BCUT2D eigenvalue weighted by Gasteiger charge is 2.43. The van der Waals surface area contributed by atoms with Crippen LogP contribution < -0.4 is 21.6 Å². The highest BCUT2D eigenvalue weighted by atomic mass is 16.6. The van der Waals surface area contributed by atoms with Crippen molar-refractivity contribution in [1.82, 2.24) is 9.55 Å². The molecule has 4 N–H and O–H groups in total. The van der Waals surface area contributed by atoms with Crippen molar-refractivity contribution in [3.05, 3.63) is 73.4 Å². The van der Waals surface area contributed by atoms with Crippen molar-refractivity contribution in [1.29, 1.82) is 0 Å². The normalized spacial score (nSPS) is 21.6. The Bertz CT molecular complexity index is 1430. The van der Waals surface area contributed by atoms with Crippen LogP contribution in [0.5, 0.6) is 5.75 Å². The zero-order valence-electron chi connectivity index (χ0n) is 18.5. The lowest BCUT2D eigenvalue weighted by Crippen LogP contribution is -2.38. The lowest BCUT2D eigenvalue weighted by atomic mass is 10.1. The van der Waals surface area contributed by atoms with Crippen LogP contribution in [0, 0.1) is 11.8 Å². The number of nitrogens with one attached hydrogen (secondary N) is 1. The molecule has 0 saturated carbocycles. The lowest BCUT2D eigenvalue weighted by molar-refractivity contribution is -0.0550. The van der Waals surface area contributed by atoms with Gasteiger partial charge in [-0.3, -0.25) is 14.3 Å². The van der Waals surface area contributed by atoms with Gasteiger partial charge in [0.15, 0.2) is 6.23 Å². The van der Waals surface area contributed by atoms with Crippen molar-refractivity contribution in [3.63, 3.8) is 0 Å². The van der Waals surface area contributed by atoms with Crippen LogP contribution in [-0.2, 0) is 4.74 Å². The molecule has 0 spiro atoms. The van der Waals surface area contributed by atoms with Gasteiger partial charge >= 0.3 is 11.3 Å². The van der Waals surface area contributed by atoms with Gasteiger partial charge in [-0.1, -0.05) is 11.8 Å². The number of hydrogen-bond acceptors (Lipinski definition) is 9. The van der Waals surface area contributed by atoms with Crippen LogP contribution in [-0.4, -0.2) is 56.4 Å². The number of benzene rings is 1. The van der Waals surface area contributed by atoms with Gasteiger partial charge in [-0.05, 0) is 31.0 Å². The summed E-state index contributed by atoms with van der Waals surface area (Å²) >= 11 is 0. The fourth-order valence-electron chi connectivity index (χ4n) is 3.67. The molecule has 1 saturated heterocycles. The first kappa shape index (κ1) is 24.4. The standard InChI is InChI=1S/C24H24N2O9/c27-13-18-20(29)21(30)23(35-18)26-12-15(22(31)25-24(26)32)5-3-1-2-4-10-33-16-8-6-14-7-9-19(28)34-17(14)11-16/h6-9,11-12,18,20-21,23,27,29-30H,1-2,4,10,13H2,(H,25,31,32)/t18-,20-,21-,23-/m1/s1. The van der Waals surface area contributed by atoms with Crippen molar-refractivity contribution in [2.75, 3.05) is 13.2 Å². The average molecular weight is 484 g/mol. The summed E-state index contributed by atoms with van der Waals surface area (Å²) in [6, 6.07) is 8.28. The zero-order chi connectivity index (χ0) is 24.9. The van der Waals surface area contributed by atoms with Crippen LogP contribution >= 0.6 is 0 Å². The molecule has 1 aromatic carbocycles. The Morgan fingerprint density at radius 2 is 1.89 bits per heavy atom. The highest BCUT2D eigenvalue weighted by Crippen LogP contribution is 2.28. The van der Waals surface area contributed by atoms with Gasteiger partial charge < -0.3 is 29.2 Å². The molecular weight excluding hydrogens is 460 g/mol. The second kappa shape index (κ2) is 10.7. The molecule has 0 bridgehead atoms. The molecule has 1 fully saturated rings. The van der Waals surface area contributed by atoms with Crippen LogP contribution in [0.3, 0.4) is 0 Å². The van der Waals surface area contributed by atoms with Gasteiger partial charge in [0.05, 0.1) is 13.2 Å². The predicted molar refractivity (Wildman–Crippen MR) is 123 cm³/mol. The molecule has 11 nitrogen and oxygen atoms in total. The average Bonchev–Trinajstić information content (AvgIpc) is 3.12. The molecule has 0 unspecified atom stereocenters. The molecule has 184 valence electrons. The molecule has 0 amide bonds. The van der Waals surface area contributed by atoms with Crippen LogP contribution in [0.1, 0.15) is 31.1 Å².